The fourth-order valence-electron chi connectivity index (χ4n) is 4.31. The van der Waals surface area contributed by atoms with Crippen LogP contribution in [0.15, 0.2) is 84.4 Å². The number of nitrogens with zero attached hydrogens (tertiary/aromatic N) is 1. The molecule has 7 nitrogen and oxygen atoms in total. The van der Waals surface area contributed by atoms with E-state index in [9.17, 15) is 14.4 Å². The van der Waals surface area contributed by atoms with Crippen molar-refractivity contribution < 1.29 is 23.9 Å². The van der Waals surface area contributed by atoms with Gasteiger partial charge in [-0.25, -0.2) is 9.69 Å². The van der Waals surface area contributed by atoms with Gasteiger partial charge in [0.25, 0.3) is 11.8 Å². The Hall–Kier alpha value is -4.62. The number of hydrogen-bond acceptors (Lipinski definition) is 5. The first kappa shape index (κ1) is 25.0. The standard InChI is InChI=1S/C30H23ClN2O5/c1-18-10-12-22(31)15-26(18)33-29(35)25(28(34)32-30(33)36)14-20-11-13-23(37-2)16-27(20)38-17-21-8-5-7-19-6-3-4-9-24(19)21/h3-16H,17H2,1-2H3,(H,32,34,36)/b25-14+. The quantitative estimate of drug-likeness (QED) is 0.244. The molecule has 0 spiro atoms. The summed E-state index contributed by atoms with van der Waals surface area (Å²) in [6, 6.07) is 23.1. The van der Waals surface area contributed by atoms with Gasteiger partial charge in [-0.05, 0) is 59.2 Å². The van der Waals surface area contributed by atoms with Crippen molar-refractivity contribution in [1.29, 1.82) is 0 Å². The van der Waals surface area contributed by atoms with Gasteiger partial charge in [-0.2, -0.15) is 0 Å². The average molecular weight is 527 g/mol. The molecule has 38 heavy (non-hydrogen) atoms. The summed E-state index contributed by atoms with van der Waals surface area (Å²) in [7, 11) is 1.54. The Kier molecular flexibility index (Phi) is 6.85. The maximum atomic E-state index is 13.4. The van der Waals surface area contributed by atoms with Crippen molar-refractivity contribution in [2.75, 3.05) is 12.0 Å². The molecule has 1 aliphatic rings. The Labute approximate surface area is 224 Å². The largest absolute Gasteiger partial charge is 0.497 e. The lowest BCUT2D eigenvalue weighted by Crippen LogP contribution is -2.54. The fourth-order valence-corrected chi connectivity index (χ4v) is 4.48. The lowest BCUT2D eigenvalue weighted by atomic mass is 10.0. The van der Waals surface area contributed by atoms with Gasteiger partial charge in [-0.3, -0.25) is 14.9 Å². The van der Waals surface area contributed by atoms with Crippen molar-refractivity contribution >= 4 is 52.0 Å². The molecular weight excluding hydrogens is 504 g/mol. The second kappa shape index (κ2) is 10.4. The van der Waals surface area contributed by atoms with Crippen LogP contribution in [0.3, 0.4) is 0 Å². The lowest BCUT2D eigenvalue weighted by molar-refractivity contribution is -0.122. The second-order valence-corrected chi connectivity index (χ2v) is 9.16. The average Bonchev–Trinajstić information content (AvgIpc) is 2.92. The first-order valence-electron chi connectivity index (χ1n) is 11.8. The number of rotatable bonds is 6. The summed E-state index contributed by atoms with van der Waals surface area (Å²) in [5, 5.41) is 4.75. The van der Waals surface area contributed by atoms with E-state index in [0.29, 0.717) is 33.3 Å². The predicted octanol–water partition coefficient (Wildman–Crippen LogP) is 6.06. The molecule has 0 atom stereocenters. The summed E-state index contributed by atoms with van der Waals surface area (Å²) in [6.45, 7) is 1.99. The van der Waals surface area contributed by atoms with Crippen molar-refractivity contribution in [3.63, 3.8) is 0 Å². The smallest absolute Gasteiger partial charge is 0.335 e. The number of hydrogen-bond donors (Lipinski definition) is 1. The molecule has 1 heterocycles. The Morgan fingerprint density at radius 3 is 2.55 bits per heavy atom. The van der Waals surface area contributed by atoms with E-state index in [1.54, 1.807) is 37.3 Å². The van der Waals surface area contributed by atoms with Crippen LogP contribution in [-0.4, -0.2) is 25.0 Å². The number of imide groups is 2. The number of urea groups is 1. The summed E-state index contributed by atoms with van der Waals surface area (Å²) in [5.74, 6) is -0.606. The molecule has 4 aromatic carbocycles. The van der Waals surface area contributed by atoms with Gasteiger partial charge in [0.05, 0.1) is 12.8 Å². The van der Waals surface area contributed by atoms with E-state index in [2.05, 4.69) is 5.32 Å². The third-order valence-electron chi connectivity index (χ3n) is 6.30. The van der Waals surface area contributed by atoms with Crippen molar-refractivity contribution in [1.82, 2.24) is 5.32 Å². The number of anilines is 1. The minimum absolute atomic E-state index is 0.218. The normalized spacial score (nSPS) is 14.7. The van der Waals surface area contributed by atoms with Crippen LogP contribution in [0.5, 0.6) is 11.5 Å². The number of fused-ring (bicyclic) bond motifs is 1. The summed E-state index contributed by atoms with van der Waals surface area (Å²) >= 11 is 6.12. The Morgan fingerprint density at radius 1 is 0.947 bits per heavy atom. The first-order chi connectivity index (χ1) is 18.4. The molecule has 0 aliphatic carbocycles. The number of ether oxygens (including phenoxy) is 2. The molecule has 1 aliphatic heterocycles. The first-order valence-corrected chi connectivity index (χ1v) is 12.2. The Morgan fingerprint density at radius 2 is 1.74 bits per heavy atom. The van der Waals surface area contributed by atoms with Crippen LogP contribution < -0.4 is 19.7 Å². The van der Waals surface area contributed by atoms with E-state index < -0.39 is 17.8 Å². The van der Waals surface area contributed by atoms with Crippen molar-refractivity contribution in [2.24, 2.45) is 0 Å². The molecule has 4 aromatic rings. The molecule has 1 fully saturated rings. The summed E-state index contributed by atoms with van der Waals surface area (Å²) in [5.41, 5.74) is 2.17. The number of nitrogens with one attached hydrogen (secondary N) is 1. The van der Waals surface area contributed by atoms with Gasteiger partial charge in [0.2, 0.25) is 0 Å². The zero-order valence-electron chi connectivity index (χ0n) is 20.7. The van der Waals surface area contributed by atoms with E-state index in [1.807, 2.05) is 42.5 Å². The van der Waals surface area contributed by atoms with Crippen LogP contribution in [0, 0.1) is 6.92 Å². The van der Waals surface area contributed by atoms with E-state index in [0.717, 1.165) is 21.2 Å². The highest BCUT2D eigenvalue weighted by atomic mass is 35.5. The SMILES string of the molecule is COc1ccc(/C=C2\C(=O)NC(=O)N(c3cc(Cl)ccc3C)C2=O)c(OCc2cccc3ccccc23)c1. The maximum absolute atomic E-state index is 13.4. The van der Waals surface area contributed by atoms with Crippen LogP contribution in [0.2, 0.25) is 5.02 Å². The third-order valence-corrected chi connectivity index (χ3v) is 6.53. The lowest BCUT2D eigenvalue weighted by Gasteiger charge is -2.27. The van der Waals surface area contributed by atoms with E-state index >= 15 is 0 Å². The van der Waals surface area contributed by atoms with Gasteiger partial charge >= 0.3 is 6.03 Å². The molecule has 190 valence electrons. The molecule has 0 unspecified atom stereocenters. The van der Waals surface area contributed by atoms with Gasteiger partial charge in [-0.1, -0.05) is 60.1 Å². The highest BCUT2D eigenvalue weighted by Gasteiger charge is 2.37. The van der Waals surface area contributed by atoms with E-state index in [4.69, 9.17) is 21.1 Å². The molecule has 0 radical (unpaired) electrons. The van der Waals surface area contributed by atoms with Gasteiger partial charge in [-0.15, -0.1) is 0 Å². The van der Waals surface area contributed by atoms with Gasteiger partial charge in [0.1, 0.15) is 23.7 Å². The molecule has 0 saturated carbocycles. The van der Waals surface area contributed by atoms with Crippen LogP contribution in [0.4, 0.5) is 10.5 Å². The number of benzene rings is 4. The Bertz CT molecular complexity index is 1620. The number of carbonyl (C=O) groups is 3. The summed E-state index contributed by atoms with van der Waals surface area (Å²) < 4.78 is 11.6. The van der Waals surface area contributed by atoms with Crippen LogP contribution >= 0.6 is 11.6 Å². The number of methoxy groups -OCH3 is 1. The van der Waals surface area contributed by atoms with E-state index in [1.165, 1.54) is 19.3 Å². The second-order valence-electron chi connectivity index (χ2n) is 8.72. The number of aryl methyl sites for hydroxylation is 1. The van der Waals surface area contributed by atoms with Crippen LogP contribution in [0.1, 0.15) is 16.7 Å². The molecule has 1 saturated heterocycles. The highest BCUT2D eigenvalue weighted by molar-refractivity contribution is 6.39. The van der Waals surface area contributed by atoms with Crippen molar-refractivity contribution in [3.05, 3.63) is 106 Å². The van der Waals surface area contributed by atoms with Gasteiger partial charge in [0.15, 0.2) is 0 Å². The Balaban J connectivity index is 1.51. The number of amides is 4. The summed E-state index contributed by atoms with van der Waals surface area (Å²) in [4.78, 5) is 39.8. The zero-order chi connectivity index (χ0) is 26.8. The van der Waals surface area contributed by atoms with Crippen molar-refractivity contribution in [2.45, 2.75) is 13.5 Å². The topological polar surface area (TPSA) is 84.9 Å². The maximum Gasteiger partial charge on any atom is 0.335 e. The molecule has 8 heteroatoms. The van der Waals surface area contributed by atoms with Crippen molar-refractivity contribution in [3.8, 4) is 11.5 Å². The van der Waals surface area contributed by atoms with Gasteiger partial charge in [0, 0.05) is 16.7 Å². The molecule has 0 bridgehead atoms. The molecule has 4 amide bonds. The number of carbonyl (C=O) groups excluding carboxylic acids is 3. The minimum atomic E-state index is -0.843. The van der Waals surface area contributed by atoms with Crippen LogP contribution in [0.25, 0.3) is 16.8 Å². The number of barbiturate groups is 1. The number of halogens is 1. The fraction of sp³-hybridized carbons (Fsp3) is 0.100. The zero-order valence-corrected chi connectivity index (χ0v) is 21.4. The minimum Gasteiger partial charge on any atom is -0.497 e. The molecule has 1 N–H and O–H groups in total. The molecule has 0 aromatic heterocycles. The third kappa shape index (κ3) is 4.84. The van der Waals surface area contributed by atoms with Crippen LogP contribution in [-0.2, 0) is 16.2 Å². The highest BCUT2D eigenvalue weighted by Crippen LogP contribution is 2.32. The molecular formula is C30H23ClN2O5. The predicted molar refractivity (Wildman–Crippen MR) is 146 cm³/mol. The van der Waals surface area contributed by atoms with Gasteiger partial charge < -0.3 is 9.47 Å². The summed E-state index contributed by atoms with van der Waals surface area (Å²) in [6.07, 6.45) is 1.41. The monoisotopic (exact) mass is 526 g/mol. The van der Waals surface area contributed by atoms with E-state index in [-0.39, 0.29) is 12.2 Å². The molecule has 5 rings (SSSR count).